The molecule has 2 saturated carbocycles. The van der Waals surface area contributed by atoms with Crippen molar-refractivity contribution in [3.8, 4) is 0 Å². The van der Waals surface area contributed by atoms with Crippen molar-refractivity contribution in [3.63, 3.8) is 0 Å². The van der Waals surface area contributed by atoms with Crippen molar-refractivity contribution < 1.29 is 14.1 Å². The topological polar surface area (TPSA) is 84.2 Å². The van der Waals surface area contributed by atoms with E-state index in [1.807, 2.05) is 13.1 Å². The number of ketones is 1. The highest BCUT2D eigenvalue weighted by Gasteiger charge is 2.30. The van der Waals surface area contributed by atoms with Crippen LogP contribution < -0.4 is 10.6 Å². The van der Waals surface area contributed by atoms with Gasteiger partial charge in [0.1, 0.15) is 11.5 Å². The van der Waals surface area contributed by atoms with E-state index in [0.29, 0.717) is 36.9 Å². The molecule has 1 aromatic heterocycles. The SMILES string of the molecule is CNCCC(=O)NC1CCC(CC(=O)c2cc(C3CC3)on2)CC1. The van der Waals surface area contributed by atoms with Crippen LogP contribution in [0.5, 0.6) is 0 Å². The van der Waals surface area contributed by atoms with Crippen LogP contribution in [0.15, 0.2) is 10.6 Å². The molecule has 0 aromatic carbocycles. The van der Waals surface area contributed by atoms with Crippen molar-refractivity contribution in [3.05, 3.63) is 17.5 Å². The first-order chi connectivity index (χ1) is 11.7. The molecule has 1 heterocycles. The number of nitrogens with zero attached hydrogens (tertiary/aromatic N) is 1. The maximum Gasteiger partial charge on any atom is 0.221 e. The van der Waals surface area contributed by atoms with Crippen LogP contribution in [0.25, 0.3) is 0 Å². The molecule has 132 valence electrons. The van der Waals surface area contributed by atoms with Gasteiger partial charge in [-0.2, -0.15) is 0 Å². The van der Waals surface area contributed by atoms with Gasteiger partial charge in [0, 0.05) is 37.4 Å². The zero-order valence-electron chi connectivity index (χ0n) is 14.3. The van der Waals surface area contributed by atoms with Gasteiger partial charge in [-0.05, 0) is 51.5 Å². The van der Waals surface area contributed by atoms with Gasteiger partial charge in [-0.1, -0.05) is 5.16 Å². The summed E-state index contributed by atoms with van der Waals surface area (Å²) in [4.78, 5) is 24.1. The van der Waals surface area contributed by atoms with Gasteiger partial charge in [0.2, 0.25) is 5.91 Å². The number of amides is 1. The lowest BCUT2D eigenvalue weighted by atomic mass is 9.82. The Bertz CT molecular complexity index is 572. The van der Waals surface area contributed by atoms with Gasteiger partial charge >= 0.3 is 0 Å². The maximum absolute atomic E-state index is 12.3. The predicted molar refractivity (Wildman–Crippen MR) is 89.9 cm³/mol. The first-order valence-electron chi connectivity index (χ1n) is 9.09. The second-order valence-electron chi connectivity index (χ2n) is 7.15. The summed E-state index contributed by atoms with van der Waals surface area (Å²) in [5, 5.41) is 10.0. The van der Waals surface area contributed by atoms with Crippen molar-refractivity contribution >= 4 is 11.7 Å². The molecule has 0 aliphatic heterocycles. The molecule has 0 unspecified atom stereocenters. The second kappa shape index (κ2) is 7.92. The summed E-state index contributed by atoms with van der Waals surface area (Å²) in [5.41, 5.74) is 0.486. The minimum atomic E-state index is 0.0900. The summed E-state index contributed by atoms with van der Waals surface area (Å²) in [6, 6.07) is 2.09. The predicted octanol–water partition coefficient (Wildman–Crippen LogP) is 2.41. The van der Waals surface area contributed by atoms with Crippen LogP contribution in [-0.4, -0.2) is 36.5 Å². The van der Waals surface area contributed by atoms with E-state index in [1.165, 1.54) is 0 Å². The van der Waals surface area contributed by atoms with E-state index in [2.05, 4.69) is 15.8 Å². The number of carbonyl (C=O) groups is 2. The van der Waals surface area contributed by atoms with Crippen LogP contribution in [0.1, 0.15) is 73.5 Å². The van der Waals surface area contributed by atoms with E-state index in [0.717, 1.165) is 44.3 Å². The molecule has 24 heavy (non-hydrogen) atoms. The lowest BCUT2D eigenvalue weighted by molar-refractivity contribution is -0.121. The molecule has 2 aliphatic carbocycles. The normalized spacial score (nSPS) is 23.9. The van der Waals surface area contributed by atoms with Crippen LogP contribution in [-0.2, 0) is 4.79 Å². The minimum absolute atomic E-state index is 0.0900. The highest BCUT2D eigenvalue weighted by molar-refractivity contribution is 5.94. The summed E-state index contributed by atoms with van der Waals surface area (Å²) in [5.74, 6) is 1.95. The highest BCUT2D eigenvalue weighted by Crippen LogP contribution is 2.40. The number of rotatable bonds is 8. The Kier molecular flexibility index (Phi) is 5.66. The average Bonchev–Trinajstić information content (AvgIpc) is 3.31. The van der Waals surface area contributed by atoms with Crippen molar-refractivity contribution in [1.29, 1.82) is 0 Å². The number of Topliss-reactive ketones (excluding diaryl/α,β-unsaturated/α-hetero) is 1. The Hall–Kier alpha value is -1.69. The molecule has 0 radical (unpaired) electrons. The Morgan fingerprint density at radius 2 is 1.96 bits per heavy atom. The first kappa shape index (κ1) is 17.1. The van der Waals surface area contributed by atoms with Gasteiger partial charge in [-0.25, -0.2) is 0 Å². The fourth-order valence-electron chi connectivity index (χ4n) is 3.40. The number of hydrogen-bond donors (Lipinski definition) is 2. The molecule has 3 rings (SSSR count). The quantitative estimate of drug-likeness (QED) is 0.714. The third kappa shape index (κ3) is 4.66. The van der Waals surface area contributed by atoms with Crippen LogP contribution in [0.3, 0.4) is 0 Å². The second-order valence-corrected chi connectivity index (χ2v) is 7.15. The Labute approximate surface area is 142 Å². The van der Waals surface area contributed by atoms with Gasteiger partial charge in [-0.3, -0.25) is 9.59 Å². The molecule has 0 atom stereocenters. The first-order valence-corrected chi connectivity index (χ1v) is 9.09. The molecule has 0 bridgehead atoms. The van der Waals surface area contributed by atoms with E-state index < -0.39 is 0 Å². The van der Waals surface area contributed by atoms with Gasteiger partial charge in [-0.15, -0.1) is 0 Å². The summed E-state index contributed by atoms with van der Waals surface area (Å²) in [6.45, 7) is 0.705. The smallest absolute Gasteiger partial charge is 0.221 e. The van der Waals surface area contributed by atoms with Crippen LogP contribution in [0.4, 0.5) is 0 Å². The zero-order chi connectivity index (χ0) is 16.9. The largest absolute Gasteiger partial charge is 0.360 e. The summed E-state index contributed by atoms with van der Waals surface area (Å²) < 4.78 is 5.27. The lowest BCUT2D eigenvalue weighted by Gasteiger charge is -2.28. The van der Waals surface area contributed by atoms with Crippen molar-refractivity contribution in [2.75, 3.05) is 13.6 Å². The van der Waals surface area contributed by atoms with Crippen molar-refractivity contribution in [1.82, 2.24) is 15.8 Å². The molecular formula is C18H27N3O3. The van der Waals surface area contributed by atoms with Gasteiger partial charge < -0.3 is 15.2 Å². The Morgan fingerprint density at radius 3 is 2.62 bits per heavy atom. The van der Waals surface area contributed by atoms with Gasteiger partial charge in [0.15, 0.2) is 5.78 Å². The number of carbonyl (C=O) groups excluding carboxylic acids is 2. The molecule has 6 heteroatoms. The number of nitrogens with one attached hydrogen (secondary N) is 2. The van der Waals surface area contributed by atoms with Crippen LogP contribution >= 0.6 is 0 Å². The molecule has 1 amide bonds. The minimum Gasteiger partial charge on any atom is -0.360 e. The molecule has 0 spiro atoms. The van der Waals surface area contributed by atoms with Gasteiger partial charge in [0.05, 0.1) is 0 Å². The lowest BCUT2D eigenvalue weighted by Crippen LogP contribution is -2.38. The van der Waals surface area contributed by atoms with E-state index in [-0.39, 0.29) is 17.7 Å². The molecule has 1 aromatic rings. The summed E-state index contributed by atoms with van der Waals surface area (Å²) in [7, 11) is 1.85. The Morgan fingerprint density at radius 1 is 1.21 bits per heavy atom. The highest BCUT2D eigenvalue weighted by atomic mass is 16.5. The summed E-state index contributed by atoms with van der Waals surface area (Å²) in [6.07, 6.45) is 7.22. The molecule has 6 nitrogen and oxygen atoms in total. The fourth-order valence-corrected chi connectivity index (χ4v) is 3.40. The molecule has 2 aliphatic rings. The maximum atomic E-state index is 12.3. The molecule has 0 saturated heterocycles. The van der Waals surface area contributed by atoms with E-state index in [4.69, 9.17) is 4.52 Å². The third-order valence-electron chi connectivity index (χ3n) is 5.08. The fraction of sp³-hybridized carbons (Fsp3) is 0.722. The van der Waals surface area contributed by atoms with Crippen molar-refractivity contribution in [2.24, 2.45) is 5.92 Å². The molecule has 2 fully saturated rings. The van der Waals surface area contributed by atoms with E-state index in [9.17, 15) is 9.59 Å². The van der Waals surface area contributed by atoms with Crippen LogP contribution in [0.2, 0.25) is 0 Å². The van der Waals surface area contributed by atoms with Gasteiger partial charge in [0.25, 0.3) is 0 Å². The Balaban J connectivity index is 1.39. The summed E-state index contributed by atoms with van der Waals surface area (Å²) >= 11 is 0. The number of hydrogen-bond acceptors (Lipinski definition) is 5. The molecule has 2 N–H and O–H groups in total. The van der Waals surface area contributed by atoms with Crippen molar-refractivity contribution in [2.45, 2.75) is 63.3 Å². The van der Waals surface area contributed by atoms with E-state index in [1.54, 1.807) is 0 Å². The van der Waals surface area contributed by atoms with E-state index >= 15 is 0 Å². The average molecular weight is 333 g/mol. The van der Waals surface area contributed by atoms with Crippen LogP contribution in [0, 0.1) is 5.92 Å². The number of aromatic nitrogens is 1. The third-order valence-corrected chi connectivity index (χ3v) is 5.08. The standard InChI is InChI=1S/C18H27N3O3/c1-19-9-8-18(23)20-14-6-2-12(3-7-14)10-16(22)15-11-17(24-21-15)13-4-5-13/h11-14,19H,2-10H2,1H3,(H,20,23). The zero-order valence-corrected chi connectivity index (χ0v) is 14.3. The molecular weight excluding hydrogens is 306 g/mol. The monoisotopic (exact) mass is 333 g/mol.